The van der Waals surface area contributed by atoms with E-state index >= 15 is 0 Å². The zero-order valence-corrected chi connectivity index (χ0v) is 11.6. The summed E-state index contributed by atoms with van der Waals surface area (Å²) < 4.78 is 7.21. The van der Waals surface area contributed by atoms with Crippen LogP contribution in [0.25, 0.3) is 16.2 Å². The van der Waals surface area contributed by atoms with Gasteiger partial charge >= 0.3 is 0 Å². The number of hydrogen-bond acceptors (Lipinski definition) is 4. The van der Waals surface area contributed by atoms with Crippen molar-refractivity contribution >= 4 is 16.3 Å². The second-order valence-corrected chi connectivity index (χ2v) is 5.46. The average molecular weight is 274 g/mol. The molecule has 4 nitrogen and oxygen atoms in total. The van der Waals surface area contributed by atoms with Gasteiger partial charge in [0.25, 0.3) is 0 Å². The van der Waals surface area contributed by atoms with E-state index in [0.717, 1.165) is 22.0 Å². The zero-order chi connectivity index (χ0) is 13.4. The van der Waals surface area contributed by atoms with Crippen LogP contribution in [-0.2, 0) is 6.61 Å². The first-order valence-electron chi connectivity index (χ1n) is 5.95. The van der Waals surface area contributed by atoms with Crippen molar-refractivity contribution in [1.82, 2.24) is 9.38 Å². The number of aliphatic hydroxyl groups excluding tert-OH is 1. The predicted octanol–water partition coefficient (Wildman–Crippen LogP) is 2.87. The molecule has 0 amide bonds. The van der Waals surface area contributed by atoms with E-state index in [0.29, 0.717) is 5.69 Å². The Morgan fingerprint density at radius 3 is 2.68 bits per heavy atom. The van der Waals surface area contributed by atoms with Crippen LogP contribution in [-0.4, -0.2) is 21.6 Å². The molecule has 0 radical (unpaired) electrons. The van der Waals surface area contributed by atoms with E-state index in [1.807, 2.05) is 34.9 Å². The molecule has 0 aliphatic carbocycles. The van der Waals surface area contributed by atoms with E-state index in [2.05, 4.69) is 11.9 Å². The number of nitrogens with zero attached hydrogens (tertiary/aromatic N) is 2. The van der Waals surface area contributed by atoms with Crippen molar-refractivity contribution in [3.05, 3.63) is 41.0 Å². The van der Waals surface area contributed by atoms with Crippen molar-refractivity contribution < 1.29 is 9.84 Å². The minimum atomic E-state index is -0.0322. The summed E-state index contributed by atoms with van der Waals surface area (Å²) in [6, 6.07) is 7.96. The highest BCUT2D eigenvalue weighted by Gasteiger charge is 2.13. The molecule has 19 heavy (non-hydrogen) atoms. The van der Waals surface area contributed by atoms with Crippen LogP contribution in [0.15, 0.2) is 30.5 Å². The summed E-state index contributed by atoms with van der Waals surface area (Å²) in [5.41, 5.74) is 2.93. The number of methoxy groups -OCH3 is 1. The molecule has 3 aromatic rings. The minimum absolute atomic E-state index is 0.0322. The maximum Gasteiger partial charge on any atom is 0.194 e. The molecule has 0 aliphatic heterocycles. The minimum Gasteiger partial charge on any atom is -0.497 e. The normalized spacial score (nSPS) is 11.1. The number of thiazole rings is 1. The second kappa shape index (κ2) is 4.68. The molecule has 0 atom stereocenters. The van der Waals surface area contributed by atoms with Gasteiger partial charge in [0, 0.05) is 11.1 Å². The van der Waals surface area contributed by atoms with Crippen molar-refractivity contribution in [2.24, 2.45) is 0 Å². The van der Waals surface area contributed by atoms with Crippen molar-refractivity contribution in [2.75, 3.05) is 7.11 Å². The number of aryl methyl sites for hydroxylation is 1. The highest BCUT2D eigenvalue weighted by molar-refractivity contribution is 7.17. The third-order valence-corrected chi connectivity index (χ3v) is 4.04. The fourth-order valence-electron chi connectivity index (χ4n) is 2.16. The molecule has 0 spiro atoms. The van der Waals surface area contributed by atoms with Crippen LogP contribution in [0.1, 0.15) is 10.6 Å². The zero-order valence-electron chi connectivity index (χ0n) is 10.8. The Bertz CT molecular complexity index is 713. The molecule has 0 saturated heterocycles. The van der Waals surface area contributed by atoms with Crippen LogP contribution in [0, 0.1) is 6.92 Å². The first-order chi connectivity index (χ1) is 9.22. The van der Waals surface area contributed by atoms with Gasteiger partial charge < -0.3 is 9.84 Å². The molecule has 2 aromatic heterocycles. The van der Waals surface area contributed by atoms with Crippen molar-refractivity contribution in [3.63, 3.8) is 0 Å². The maximum absolute atomic E-state index is 9.17. The number of fused-ring (bicyclic) bond motifs is 1. The van der Waals surface area contributed by atoms with Gasteiger partial charge in [0.1, 0.15) is 5.75 Å². The first-order valence-corrected chi connectivity index (χ1v) is 6.77. The van der Waals surface area contributed by atoms with Crippen LogP contribution in [0.5, 0.6) is 5.75 Å². The summed E-state index contributed by atoms with van der Waals surface area (Å²) in [6.45, 7) is 2.05. The lowest BCUT2D eigenvalue weighted by Crippen LogP contribution is -1.88. The van der Waals surface area contributed by atoms with Gasteiger partial charge in [-0.05, 0) is 36.8 Å². The van der Waals surface area contributed by atoms with E-state index in [4.69, 9.17) is 9.84 Å². The van der Waals surface area contributed by atoms with Gasteiger partial charge in [0.15, 0.2) is 4.96 Å². The molecule has 0 aliphatic rings. The SMILES string of the molecule is COc1ccc(-c2c(C)sc3nc(CO)cn23)cc1. The number of ether oxygens (including phenoxy) is 1. The fourth-order valence-corrected chi connectivity index (χ4v) is 3.16. The van der Waals surface area contributed by atoms with Crippen LogP contribution in [0.3, 0.4) is 0 Å². The van der Waals surface area contributed by atoms with Gasteiger partial charge in [-0.1, -0.05) is 0 Å². The highest BCUT2D eigenvalue weighted by Crippen LogP contribution is 2.32. The molecule has 3 rings (SSSR count). The number of aromatic nitrogens is 2. The third kappa shape index (κ3) is 2.01. The van der Waals surface area contributed by atoms with Crippen LogP contribution in [0.4, 0.5) is 0 Å². The van der Waals surface area contributed by atoms with Gasteiger partial charge in [0.2, 0.25) is 0 Å². The van der Waals surface area contributed by atoms with Gasteiger partial charge in [-0.3, -0.25) is 4.40 Å². The summed E-state index contributed by atoms with van der Waals surface area (Å²) in [4.78, 5) is 6.49. The van der Waals surface area contributed by atoms with E-state index in [1.54, 1.807) is 18.4 Å². The Labute approximate surface area is 114 Å². The molecule has 1 N–H and O–H groups in total. The quantitative estimate of drug-likeness (QED) is 0.799. The number of aliphatic hydroxyl groups is 1. The van der Waals surface area contributed by atoms with Crippen molar-refractivity contribution in [3.8, 4) is 17.0 Å². The molecule has 5 heteroatoms. The molecular weight excluding hydrogens is 260 g/mol. The van der Waals surface area contributed by atoms with Crippen LogP contribution < -0.4 is 4.74 Å². The fraction of sp³-hybridized carbons (Fsp3) is 0.214. The van der Waals surface area contributed by atoms with Crippen molar-refractivity contribution in [2.45, 2.75) is 13.5 Å². The Hall–Kier alpha value is -1.85. The monoisotopic (exact) mass is 274 g/mol. The first kappa shape index (κ1) is 12.2. The molecule has 0 fully saturated rings. The predicted molar refractivity (Wildman–Crippen MR) is 75.7 cm³/mol. The van der Waals surface area contributed by atoms with Gasteiger partial charge in [-0.2, -0.15) is 0 Å². The Balaban J connectivity index is 2.16. The smallest absolute Gasteiger partial charge is 0.194 e. The lowest BCUT2D eigenvalue weighted by Gasteiger charge is -2.04. The van der Waals surface area contributed by atoms with E-state index < -0.39 is 0 Å². The molecule has 1 aromatic carbocycles. The van der Waals surface area contributed by atoms with Crippen LogP contribution in [0.2, 0.25) is 0 Å². The number of hydrogen-bond donors (Lipinski definition) is 1. The van der Waals surface area contributed by atoms with E-state index in [9.17, 15) is 0 Å². The molecule has 0 saturated carbocycles. The summed E-state index contributed by atoms with van der Waals surface area (Å²) in [5, 5.41) is 9.17. The van der Waals surface area contributed by atoms with Gasteiger partial charge in [0.05, 0.1) is 25.1 Å². The molecular formula is C14H14N2O2S. The Kier molecular flexibility index (Phi) is 3.00. The summed E-state index contributed by atoms with van der Waals surface area (Å²) >= 11 is 1.63. The Morgan fingerprint density at radius 1 is 1.32 bits per heavy atom. The standard InChI is InChI=1S/C14H14N2O2S/c1-9-13(10-3-5-12(18-2)6-4-10)16-7-11(8-17)15-14(16)19-9/h3-7,17H,8H2,1-2H3. The summed E-state index contributed by atoms with van der Waals surface area (Å²) in [7, 11) is 1.66. The Morgan fingerprint density at radius 2 is 2.05 bits per heavy atom. The lowest BCUT2D eigenvalue weighted by atomic mass is 10.1. The summed E-state index contributed by atoms with van der Waals surface area (Å²) in [5.74, 6) is 0.842. The number of rotatable bonds is 3. The number of imidazole rings is 1. The van der Waals surface area contributed by atoms with Gasteiger partial charge in [-0.25, -0.2) is 4.98 Å². The molecule has 0 bridgehead atoms. The highest BCUT2D eigenvalue weighted by atomic mass is 32.1. The van der Waals surface area contributed by atoms with E-state index in [-0.39, 0.29) is 6.61 Å². The molecule has 0 unspecified atom stereocenters. The molecule has 2 heterocycles. The third-order valence-electron chi connectivity index (χ3n) is 3.07. The largest absolute Gasteiger partial charge is 0.497 e. The van der Waals surface area contributed by atoms with Crippen molar-refractivity contribution in [1.29, 1.82) is 0 Å². The second-order valence-electron chi connectivity index (χ2n) is 4.28. The topological polar surface area (TPSA) is 46.8 Å². The molecule has 98 valence electrons. The lowest BCUT2D eigenvalue weighted by molar-refractivity contribution is 0.277. The average Bonchev–Trinajstić information content (AvgIpc) is 2.95. The number of benzene rings is 1. The van der Waals surface area contributed by atoms with Crippen LogP contribution >= 0.6 is 11.3 Å². The maximum atomic E-state index is 9.17. The van der Waals surface area contributed by atoms with E-state index in [1.165, 1.54) is 4.88 Å². The summed E-state index contributed by atoms with van der Waals surface area (Å²) in [6.07, 6.45) is 1.89. The van der Waals surface area contributed by atoms with Gasteiger partial charge in [-0.15, -0.1) is 11.3 Å².